The van der Waals surface area contributed by atoms with Gasteiger partial charge in [-0.25, -0.2) is 4.79 Å². The van der Waals surface area contributed by atoms with E-state index in [1.807, 2.05) is 0 Å². The zero-order chi connectivity index (χ0) is 17.0. The van der Waals surface area contributed by atoms with Gasteiger partial charge in [0.05, 0.1) is 29.0 Å². The first-order valence-corrected chi connectivity index (χ1v) is 7.47. The summed E-state index contributed by atoms with van der Waals surface area (Å²) < 4.78 is 6.10. The van der Waals surface area contributed by atoms with Crippen molar-refractivity contribution < 1.29 is 19.2 Å². The van der Waals surface area contributed by atoms with Crippen LogP contribution in [-0.4, -0.2) is 33.2 Å². The molecule has 0 aliphatic heterocycles. The molecule has 0 radical (unpaired) electrons. The van der Waals surface area contributed by atoms with Crippen molar-refractivity contribution in [3.05, 3.63) is 38.9 Å². The molecule has 0 atom stereocenters. The van der Waals surface area contributed by atoms with Gasteiger partial charge >= 0.3 is 11.8 Å². The van der Waals surface area contributed by atoms with Crippen LogP contribution in [0.1, 0.15) is 22.2 Å². The fourth-order valence-corrected chi connectivity index (χ4v) is 2.79. The van der Waals surface area contributed by atoms with Crippen LogP contribution < -0.4 is 5.32 Å². The highest BCUT2D eigenvalue weighted by Gasteiger charge is 2.17. The van der Waals surface area contributed by atoms with Crippen LogP contribution in [0.5, 0.6) is 0 Å². The van der Waals surface area contributed by atoms with Crippen LogP contribution in [0, 0.1) is 17.0 Å². The number of aryl methyl sites for hydroxylation is 1. The average Bonchev–Trinajstić information content (AvgIpc) is 3.06. The number of esters is 1. The van der Waals surface area contributed by atoms with Crippen LogP contribution in [-0.2, 0) is 16.1 Å². The van der Waals surface area contributed by atoms with E-state index < -0.39 is 16.8 Å². The van der Waals surface area contributed by atoms with E-state index in [0.717, 1.165) is 11.3 Å². The fraction of sp³-hybridized carbons (Fsp3) is 0.308. The van der Waals surface area contributed by atoms with Crippen LogP contribution in [0.2, 0.25) is 0 Å². The van der Waals surface area contributed by atoms with Gasteiger partial charge in [-0.1, -0.05) is 0 Å². The number of nitro groups is 1. The summed E-state index contributed by atoms with van der Waals surface area (Å²) >= 11 is 1.11. The van der Waals surface area contributed by atoms with Gasteiger partial charge in [0.2, 0.25) is 5.91 Å². The van der Waals surface area contributed by atoms with E-state index in [0.29, 0.717) is 15.4 Å². The van der Waals surface area contributed by atoms with Crippen molar-refractivity contribution >= 4 is 34.0 Å². The SMILES string of the molecule is CCOC(=O)c1sc(NC(=O)Cn2ccc([N+](=O)[O-])n2)cc1C. The minimum atomic E-state index is -0.636. The third kappa shape index (κ3) is 4.13. The van der Waals surface area contributed by atoms with Crippen LogP contribution in [0.15, 0.2) is 18.3 Å². The van der Waals surface area contributed by atoms with Crippen molar-refractivity contribution in [2.24, 2.45) is 0 Å². The molecule has 0 aliphatic carbocycles. The molecule has 2 aromatic heterocycles. The number of carbonyl (C=O) groups is 2. The Labute approximate surface area is 135 Å². The summed E-state index contributed by atoms with van der Waals surface area (Å²) in [5, 5.41) is 17.3. The molecule has 1 amide bonds. The molecule has 0 unspecified atom stereocenters. The number of anilines is 1. The Morgan fingerprint density at radius 3 is 2.87 bits per heavy atom. The second-order valence-electron chi connectivity index (χ2n) is 4.52. The number of amides is 1. The van der Waals surface area contributed by atoms with E-state index in [9.17, 15) is 19.7 Å². The Morgan fingerprint density at radius 1 is 1.52 bits per heavy atom. The van der Waals surface area contributed by atoms with Crippen LogP contribution in [0.3, 0.4) is 0 Å². The highest BCUT2D eigenvalue weighted by Crippen LogP contribution is 2.27. The molecule has 2 rings (SSSR count). The first kappa shape index (κ1) is 16.6. The summed E-state index contributed by atoms with van der Waals surface area (Å²) in [6.45, 7) is 3.57. The van der Waals surface area contributed by atoms with Gasteiger partial charge in [-0.2, -0.15) is 4.68 Å². The van der Waals surface area contributed by atoms with Gasteiger partial charge < -0.3 is 20.2 Å². The molecule has 10 heteroatoms. The lowest BCUT2D eigenvalue weighted by atomic mass is 10.3. The van der Waals surface area contributed by atoms with Gasteiger partial charge in [-0.05, 0) is 30.4 Å². The molecule has 23 heavy (non-hydrogen) atoms. The van der Waals surface area contributed by atoms with Crippen molar-refractivity contribution in [3.63, 3.8) is 0 Å². The number of carbonyl (C=O) groups excluding carboxylic acids is 2. The molecule has 0 aliphatic rings. The van der Waals surface area contributed by atoms with Crippen molar-refractivity contribution in [1.82, 2.24) is 9.78 Å². The highest BCUT2D eigenvalue weighted by atomic mass is 32.1. The predicted octanol–water partition coefficient (Wildman–Crippen LogP) is 1.98. The van der Waals surface area contributed by atoms with Gasteiger partial charge in [-0.3, -0.25) is 4.79 Å². The maximum absolute atomic E-state index is 11.9. The Morgan fingerprint density at radius 2 is 2.26 bits per heavy atom. The van der Waals surface area contributed by atoms with Crippen molar-refractivity contribution in [2.45, 2.75) is 20.4 Å². The zero-order valence-electron chi connectivity index (χ0n) is 12.4. The van der Waals surface area contributed by atoms with E-state index in [2.05, 4.69) is 10.4 Å². The fourth-order valence-electron chi connectivity index (χ4n) is 1.80. The number of hydrogen-bond acceptors (Lipinski definition) is 7. The van der Waals surface area contributed by atoms with E-state index >= 15 is 0 Å². The maximum Gasteiger partial charge on any atom is 0.389 e. The van der Waals surface area contributed by atoms with E-state index in [1.54, 1.807) is 19.9 Å². The Kier molecular flexibility index (Phi) is 5.06. The topological polar surface area (TPSA) is 116 Å². The summed E-state index contributed by atoms with van der Waals surface area (Å²) in [5.74, 6) is -1.16. The molecule has 0 bridgehead atoms. The molecule has 9 nitrogen and oxygen atoms in total. The second-order valence-corrected chi connectivity index (χ2v) is 5.57. The minimum absolute atomic E-state index is 0.167. The third-order valence-electron chi connectivity index (χ3n) is 2.76. The van der Waals surface area contributed by atoms with Crippen molar-refractivity contribution in [3.8, 4) is 0 Å². The monoisotopic (exact) mass is 338 g/mol. The number of ether oxygens (including phenoxy) is 1. The van der Waals surface area contributed by atoms with E-state index in [-0.39, 0.29) is 19.0 Å². The molecule has 0 fully saturated rings. The lowest BCUT2D eigenvalue weighted by Crippen LogP contribution is -2.18. The summed E-state index contributed by atoms with van der Waals surface area (Å²) in [4.78, 5) is 34.0. The number of hydrogen-bond donors (Lipinski definition) is 1. The molecule has 0 saturated heterocycles. The highest BCUT2D eigenvalue weighted by molar-refractivity contribution is 7.18. The molecule has 1 N–H and O–H groups in total. The number of nitrogens with zero attached hydrogens (tertiary/aromatic N) is 3. The number of rotatable bonds is 6. The van der Waals surface area contributed by atoms with Gasteiger partial charge in [0.1, 0.15) is 11.4 Å². The molecular weight excluding hydrogens is 324 g/mol. The van der Waals surface area contributed by atoms with Crippen molar-refractivity contribution in [2.75, 3.05) is 11.9 Å². The molecular formula is C13H14N4O5S. The first-order chi connectivity index (χ1) is 10.9. The molecule has 0 saturated carbocycles. The molecule has 2 heterocycles. The second kappa shape index (κ2) is 7.01. The minimum Gasteiger partial charge on any atom is -0.462 e. The lowest BCUT2D eigenvalue weighted by molar-refractivity contribution is -0.389. The first-order valence-electron chi connectivity index (χ1n) is 6.66. The van der Waals surface area contributed by atoms with Crippen LogP contribution in [0.4, 0.5) is 10.8 Å². The third-order valence-corrected chi connectivity index (χ3v) is 3.89. The summed E-state index contributed by atoms with van der Waals surface area (Å²) in [6.07, 6.45) is 1.35. The van der Waals surface area contributed by atoms with Crippen molar-refractivity contribution in [1.29, 1.82) is 0 Å². The average molecular weight is 338 g/mol. The summed E-state index contributed by atoms with van der Waals surface area (Å²) in [5.41, 5.74) is 0.707. The quantitative estimate of drug-likeness (QED) is 0.489. The Balaban J connectivity index is 2.01. The van der Waals surface area contributed by atoms with Crippen LogP contribution >= 0.6 is 11.3 Å². The predicted molar refractivity (Wildman–Crippen MR) is 82.5 cm³/mol. The van der Waals surface area contributed by atoms with E-state index in [1.165, 1.54) is 16.9 Å². The summed E-state index contributed by atoms with van der Waals surface area (Å²) in [7, 11) is 0. The van der Waals surface area contributed by atoms with Gasteiger partial charge in [0, 0.05) is 0 Å². The zero-order valence-corrected chi connectivity index (χ0v) is 13.3. The number of aromatic nitrogens is 2. The Hall–Kier alpha value is -2.75. The number of thiophene rings is 1. The lowest BCUT2D eigenvalue weighted by Gasteiger charge is -2.00. The Bertz CT molecular complexity index is 751. The normalized spacial score (nSPS) is 10.3. The molecule has 2 aromatic rings. The van der Waals surface area contributed by atoms with Gasteiger partial charge in [0.25, 0.3) is 0 Å². The van der Waals surface area contributed by atoms with Gasteiger partial charge in [0.15, 0.2) is 0 Å². The molecule has 0 aromatic carbocycles. The standard InChI is InChI=1S/C13H14N4O5S/c1-3-22-13(19)12-8(2)6-11(23-12)14-10(18)7-16-5-4-9(15-16)17(20)21/h4-6H,3,7H2,1-2H3,(H,14,18). The smallest absolute Gasteiger partial charge is 0.389 e. The maximum atomic E-state index is 11.9. The number of nitrogens with one attached hydrogen (secondary N) is 1. The van der Waals surface area contributed by atoms with Gasteiger partial charge in [-0.15, -0.1) is 11.3 Å². The van der Waals surface area contributed by atoms with Crippen LogP contribution in [0.25, 0.3) is 0 Å². The van der Waals surface area contributed by atoms with E-state index in [4.69, 9.17) is 4.74 Å². The molecule has 122 valence electrons. The molecule has 0 spiro atoms. The largest absolute Gasteiger partial charge is 0.462 e. The summed E-state index contributed by atoms with van der Waals surface area (Å²) in [6, 6.07) is 2.88.